The van der Waals surface area contributed by atoms with Gasteiger partial charge in [-0.05, 0) is 39.7 Å². The molecule has 114 valence electrons. The Balaban J connectivity index is 2.10. The van der Waals surface area contributed by atoms with Crippen LogP contribution in [0.25, 0.3) is 0 Å². The second-order valence-corrected chi connectivity index (χ2v) is 6.72. The zero-order valence-corrected chi connectivity index (χ0v) is 13.7. The van der Waals surface area contributed by atoms with Gasteiger partial charge in [0.05, 0.1) is 12.1 Å². The molecule has 1 fully saturated rings. The number of rotatable bonds is 6. The minimum atomic E-state index is 0.0380. The summed E-state index contributed by atoms with van der Waals surface area (Å²) in [6, 6.07) is 0.626. The molecule has 1 aromatic heterocycles. The molecule has 0 aliphatic carbocycles. The van der Waals surface area contributed by atoms with Gasteiger partial charge in [0.25, 0.3) is 0 Å². The molecule has 1 saturated heterocycles. The van der Waals surface area contributed by atoms with Gasteiger partial charge in [0.2, 0.25) is 0 Å². The van der Waals surface area contributed by atoms with Crippen molar-refractivity contribution in [1.82, 2.24) is 15.2 Å². The molecule has 20 heavy (non-hydrogen) atoms. The second kappa shape index (κ2) is 7.50. The van der Waals surface area contributed by atoms with Crippen molar-refractivity contribution in [3.8, 4) is 0 Å². The zero-order valence-electron chi connectivity index (χ0n) is 12.9. The number of nitrogens with zero attached hydrogens (tertiary/aromatic N) is 2. The van der Waals surface area contributed by atoms with Crippen molar-refractivity contribution in [2.75, 3.05) is 33.4 Å². The van der Waals surface area contributed by atoms with Crippen LogP contribution in [0, 0.1) is 0 Å². The Morgan fingerprint density at radius 1 is 1.45 bits per heavy atom. The highest BCUT2D eigenvalue weighted by molar-refractivity contribution is 7.09. The fourth-order valence-corrected chi connectivity index (χ4v) is 3.86. The summed E-state index contributed by atoms with van der Waals surface area (Å²) in [6.07, 6.45) is 5.43. The smallest absolute Gasteiger partial charge is 0.113 e. The Kier molecular flexibility index (Phi) is 5.96. The minimum Gasteiger partial charge on any atom is -0.383 e. The number of hydrogen-bond donors (Lipinski definition) is 1. The van der Waals surface area contributed by atoms with Gasteiger partial charge in [0.15, 0.2) is 0 Å². The second-order valence-electron chi connectivity index (χ2n) is 5.82. The molecule has 1 aliphatic rings. The van der Waals surface area contributed by atoms with Crippen molar-refractivity contribution in [1.29, 1.82) is 0 Å². The summed E-state index contributed by atoms with van der Waals surface area (Å²) in [6.45, 7) is 8.54. The molecule has 0 bridgehead atoms. The van der Waals surface area contributed by atoms with Crippen LogP contribution in [0.4, 0.5) is 0 Å². The minimum absolute atomic E-state index is 0.0380. The van der Waals surface area contributed by atoms with Gasteiger partial charge < -0.3 is 15.0 Å². The average Bonchev–Trinajstić information content (AvgIpc) is 2.88. The molecule has 1 aromatic rings. The average molecular weight is 297 g/mol. The highest BCUT2D eigenvalue weighted by atomic mass is 32.1. The first kappa shape index (κ1) is 15.9. The summed E-state index contributed by atoms with van der Waals surface area (Å²) in [7, 11) is 1.76. The molecule has 0 spiro atoms. The maximum atomic E-state index is 5.20. The lowest BCUT2D eigenvalue weighted by Crippen LogP contribution is -2.45. The molecule has 1 atom stereocenters. The fraction of sp³-hybridized carbons (Fsp3) is 0.800. The fourth-order valence-electron chi connectivity index (χ4n) is 2.99. The van der Waals surface area contributed by atoms with Gasteiger partial charge in [-0.2, -0.15) is 0 Å². The molecule has 1 N–H and O–H groups in total. The molecule has 1 unspecified atom stereocenters. The largest absolute Gasteiger partial charge is 0.383 e. The first-order valence-electron chi connectivity index (χ1n) is 7.56. The summed E-state index contributed by atoms with van der Waals surface area (Å²) in [5, 5.41) is 7.05. The third-order valence-electron chi connectivity index (χ3n) is 4.22. The summed E-state index contributed by atoms with van der Waals surface area (Å²) in [5.41, 5.74) is 0.0380. The summed E-state index contributed by atoms with van der Waals surface area (Å²) >= 11 is 1.77. The first-order chi connectivity index (χ1) is 9.68. The molecule has 0 saturated carbocycles. The van der Waals surface area contributed by atoms with Gasteiger partial charge in [-0.15, -0.1) is 11.3 Å². The Hall–Kier alpha value is -0.490. The lowest BCUT2D eigenvalue weighted by Gasteiger charge is -2.32. The van der Waals surface area contributed by atoms with E-state index in [0.29, 0.717) is 6.04 Å². The van der Waals surface area contributed by atoms with Crippen molar-refractivity contribution in [2.45, 2.75) is 44.7 Å². The van der Waals surface area contributed by atoms with Gasteiger partial charge in [-0.25, -0.2) is 4.98 Å². The zero-order chi connectivity index (χ0) is 14.4. The molecule has 2 heterocycles. The van der Waals surface area contributed by atoms with E-state index in [0.717, 1.165) is 32.5 Å². The number of methoxy groups -OCH3 is 1. The van der Waals surface area contributed by atoms with Crippen LogP contribution in [0.2, 0.25) is 0 Å². The quantitative estimate of drug-likeness (QED) is 0.819. The Labute approximate surface area is 126 Å². The molecule has 5 heteroatoms. The van der Waals surface area contributed by atoms with Crippen LogP contribution in [0.5, 0.6) is 0 Å². The Bertz CT molecular complexity index is 382. The molecule has 4 nitrogen and oxygen atoms in total. The number of hydrogen-bond acceptors (Lipinski definition) is 5. The van der Waals surface area contributed by atoms with Gasteiger partial charge in [0.1, 0.15) is 5.01 Å². The number of ether oxygens (including phenoxy) is 1. The van der Waals surface area contributed by atoms with E-state index in [9.17, 15) is 0 Å². The van der Waals surface area contributed by atoms with Crippen LogP contribution in [0.3, 0.4) is 0 Å². The number of aromatic nitrogens is 1. The van der Waals surface area contributed by atoms with E-state index in [2.05, 4.69) is 34.4 Å². The van der Waals surface area contributed by atoms with E-state index in [1.165, 1.54) is 18.0 Å². The van der Waals surface area contributed by atoms with E-state index in [4.69, 9.17) is 4.74 Å². The Morgan fingerprint density at radius 3 is 2.95 bits per heavy atom. The first-order valence-corrected chi connectivity index (χ1v) is 8.44. The highest BCUT2D eigenvalue weighted by Gasteiger charge is 2.36. The predicted molar refractivity (Wildman–Crippen MR) is 84.2 cm³/mol. The topological polar surface area (TPSA) is 37.4 Å². The molecular weight excluding hydrogens is 270 g/mol. The third kappa shape index (κ3) is 3.79. The van der Waals surface area contributed by atoms with Gasteiger partial charge >= 0.3 is 0 Å². The van der Waals surface area contributed by atoms with Crippen LogP contribution >= 0.6 is 11.3 Å². The maximum absolute atomic E-state index is 5.20. The van der Waals surface area contributed by atoms with Crippen molar-refractivity contribution in [3.05, 3.63) is 16.6 Å². The van der Waals surface area contributed by atoms with Crippen LogP contribution in [-0.4, -0.2) is 49.3 Å². The van der Waals surface area contributed by atoms with Gasteiger partial charge in [-0.3, -0.25) is 0 Å². The standard InChI is InChI=1S/C15H27N3OS/c1-13(2)18-9-4-5-15(6-10-18,17-7-11-19-3)14-16-8-12-20-14/h8,12-13,17H,4-7,9-11H2,1-3H3. The predicted octanol–water partition coefficient (Wildman–Crippen LogP) is 2.47. The van der Waals surface area contributed by atoms with E-state index in [1.54, 1.807) is 18.4 Å². The van der Waals surface area contributed by atoms with Crippen molar-refractivity contribution in [2.24, 2.45) is 0 Å². The Morgan fingerprint density at radius 2 is 2.30 bits per heavy atom. The van der Waals surface area contributed by atoms with Crippen LogP contribution < -0.4 is 5.32 Å². The number of nitrogens with one attached hydrogen (secondary N) is 1. The summed E-state index contributed by atoms with van der Waals surface area (Å²) < 4.78 is 5.20. The van der Waals surface area contributed by atoms with Gasteiger partial charge in [-0.1, -0.05) is 0 Å². The molecule has 0 radical (unpaired) electrons. The van der Waals surface area contributed by atoms with E-state index < -0.39 is 0 Å². The monoisotopic (exact) mass is 297 g/mol. The van der Waals surface area contributed by atoms with Crippen molar-refractivity contribution >= 4 is 11.3 Å². The lowest BCUT2D eigenvalue weighted by atomic mass is 9.91. The van der Waals surface area contributed by atoms with Crippen molar-refractivity contribution in [3.63, 3.8) is 0 Å². The van der Waals surface area contributed by atoms with Crippen LogP contribution in [0.1, 0.15) is 38.1 Å². The van der Waals surface area contributed by atoms with Crippen LogP contribution in [0.15, 0.2) is 11.6 Å². The number of thiazole rings is 1. The number of likely N-dealkylation sites (tertiary alicyclic amines) is 1. The maximum Gasteiger partial charge on any atom is 0.113 e. The third-order valence-corrected chi connectivity index (χ3v) is 5.19. The van der Waals surface area contributed by atoms with E-state index in [1.807, 2.05) is 6.20 Å². The van der Waals surface area contributed by atoms with E-state index >= 15 is 0 Å². The normalized spacial score (nSPS) is 25.0. The van der Waals surface area contributed by atoms with Crippen LogP contribution in [-0.2, 0) is 10.3 Å². The van der Waals surface area contributed by atoms with Gasteiger partial charge in [0, 0.05) is 37.8 Å². The summed E-state index contributed by atoms with van der Waals surface area (Å²) in [4.78, 5) is 7.18. The summed E-state index contributed by atoms with van der Waals surface area (Å²) in [5.74, 6) is 0. The van der Waals surface area contributed by atoms with E-state index in [-0.39, 0.29) is 5.54 Å². The molecule has 0 aromatic carbocycles. The van der Waals surface area contributed by atoms with Crippen molar-refractivity contribution < 1.29 is 4.74 Å². The SMILES string of the molecule is COCCNC1(c2nccs2)CCCN(C(C)C)CC1. The highest BCUT2D eigenvalue weighted by Crippen LogP contribution is 2.34. The molecule has 0 amide bonds. The molecular formula is C15H27N3OS. The molecule has 1 aliphatic heterocycles. The molecule has 2 rings (SSSR count). The lowest BCUT2D eigenvalue weighted by molar-refractivity contribution is 0.174.